The fourth-order valence-corrected chi connectivity index (χ4v) is 1.28. The number of hydrogen-bond acceptors (Lipinski definition) is 5. The molecule has 94 valence electrons. The van der Waals surface area contributed by atoms with Gasteiger partial charge in [-0.3, -0.25) is 9.78 Å². The molecule has 1 aromatic rings. The van der Waals surface area contributed by atoms with Crippen molar-refractivity contribution >= 4 is 5.91 Å². The van der Waals surface area contributed by atoms with E-state index in [-0.39, 0.29) is 23.3 Å². The number of nitrogens with zero attached hydrogens (tertiary/aromatic N) is 1. The first-order valence-electron chi connectivity index (χ1n) is 5.12. The first-order chi connectivity index (χ1) is 8.19. The van der Waals surface area contributed by atoms with E-state index < -0.39 is 0 Å². The Hall–Kier alpha value is -1.66. The van der Waals surface area contributed by atoms with Crippen LogP contribution >= 0.6 is 0 Å². The molecule has 0 saturated heterocycles. The van der Waals surface area contributed by atoms with Crippen LogP contribution in [0.4, 0.5) is 0 Å². The van der Waals surface area contributed by atoms with Gasteiger partial charge in [-0.05, 0) is 6.07 Å². The molecule has 0 aliphatic heterocycles. The Morgan fingerprint density at radius 3 is 2.94 bits per heavy atom. The van der Waals surface area contributed by atoms with Crippen LogP contribution in [0.2, 0.25) is 0 Å². The molecule has 0 fully saturated rings. The number of methoxy groups -OCH3 is 2. The number of aromatic nitrogens is 1. The Morgan fingerprint density at radius 1 is 1.59 bits per heavy atom. The highest BCUT2D eigenvalue weighted by Crippen LogP contribution is 2.13. The van der Waals surface area contributed by atoms with Gasteiger partial charge in [-0.15, -0.1) is 0 Å². The van der Waals surface area contributed by atoms with Gasteiger partial charge in [0, 0.05) is 27.0 Å². The highest BCUT2D eigenvalue weighted by atomic mass is 16.5. The molecule has 0 radical (unpaired) electrons. The van der Waals surface area contributed by atoms with Crippen molar-refractivity contribution in [1.82, 2.24) is 10.3 Å². The molecule has 0 aliphatic carbocycles. The van der Waals surface area contributed by atoms with Crippen LogP contribution in [0.25, 0.3) is 0 Å². The van der Waals surface area contributed by atoms with E-state index in [9.17, 15) is 9.90 Å². The zero-order chi connectivity index (χ0) is 12.7. The highest BCUT2D eigenvalue weighted by molar-refractivity contribution is 5.96. The van der Waals surface area contributed by atoms with Crippen LogP contribution in [0.3, 0.4) is 0 Å². The summed E-state index contributed by atoms with van der Waals surface area (Å²) in [6.07, 6.45) is 2.45. The first kappa shape index (κ1) is 13.4. The Morgan fingerprint density at radius 2 is 2.35 bits per heavy atom. The topological polar surface area (TPSA) is 80.7 Å². The predicted molar refractivity (Wildman–Crippen MR) is 60.9 cm³/mol. The third kappa shape index (κ3) is 4.01. The number of hydrogen-bond donors (Lipinski definition) is 2. The average molecular weight is 240 g/mol. The fraction of sp³-hybridized carbons (Fsp3) is 0.455. The molecule has 1 unspecified atom stereocenters. The lowest BCUT2D eigenvalue weighted by molar-refractivity contribution is 0.0285. The van der Waals surface area contributed by atoms with Crippen molar-refractivity contribution in [2.24, 2.45) is 0 Å². The maximum atomic E-state index is 11.7. The maximum Gasteiger partial charge on any atom is 0.255 e. The molecular formula is C11H16N2O4. The van der Waals surface area contributed by atoms with Gasteiger partial charge in [0.25, 0.3) is 5.91 Å². The summed E-state index contributed by atoms with van der Waals surface area (Å²) in [5.41, 5.74) is 0.187. The van der Waals surface area contributed by atoms with Crippen LogP contribution in [0.1, 0.15) is 10.4 Å². The number of ether oxygens (including phenoxy) is 2. The van der Waals surface area contributed by atoms with Crippen molar-refractivity contribution in [2.75, 3.05) is 27.4 Å². The van der Waals surface area contributed by atoms with Gasteiger partial charge in [0.2, 0.25) is 0 Å². The summed E-state index contributed by atoms with van der Waals surface area (Å²) in [5.74, 6) is -0.520. The number of rotatable bonds is 6. The van der Waals surface area contributed by atoms with Gasteiger partial charge in [0.15, 0.2) is 0 Å². The summed E-state index contributed by atoms with van der Waals surface area (Å²) in [4.78, 5) is 15.4. The van der Waals surface area contributed by atoms with Crippen LogP contribution in [0.15, 0.2) is 18.5 Å². The largest absolute Gasteiger partial charge is 0.505 e. The summed E-state index contributed by atoms with van der Waals surface area (Å²) in [7, 11) is 3.10. The minimum absolute atomic E-state index is 0.147. The molecule has 0 aliphatic rings. The highest BCUT2D eigenvalue weighted by Gasteiger charge is 2.13. The molecule has 0 saturated carbocycles. The summed E-state index contributed by atoms with van der Waals surface area (Å²) < 4.78 is 10.0. The molecular weight excluding hydrogens is 224 g/mol. The van der Waals surface area contributed by atoms with Gasteiger partial charge in [-0.2, -0.15) is 0 Å². The SMILES string of the molecule is COCC(CNC(=O)c1ccncc1O)OC. The molecule has 0 aromatic carbocycles. The Balaban J connectivity index is 2.52. The van der Waals surface area contributed by atoms with Crippen LogP contribution in [0.5, 0.6) is 5.75 Å². The van der Waals surface area contributed by atoms with Crippen molar-refractivity contribution in [3.8, 4) is 5.75 Å². The average Bonchev–Trinajstić information content (AvgIpc) is 2.34. The Labute approximate surface area is 99.6 Å². The van der Waals surface area contributed by atoms with Crippen LogP contribution in [0, 0.1) is 0 Å². The molecule has 1 rings (SSSR count). The number of carbonyl (C=O) groups excluding carboxylic acids is 1. The van der Waals surface area contributed by atoms with Crippen molar-refractivity contribution in [1.29, 1.82) is 0 Å². The second-order valence-electron chi connectivity index (χ2n) is 3.42. The number of nitrogens with one attached hydrogen (secondary N) is 1. The maximum absolute atomic E-state index is 11.7. The van der Waals surface area contributed by atoms with Gasteiger partial charge in [0.1, 0.15) is 5.75 Å². The molecule has 2 N–H and O–H groups in total. The van der Waals surface area contributed by atoms with Crippen LogP contribution < -0.4 is 5.32 Å². The molecule has 0 spiro atoms. The summed E-state index contributed by atoms with van der Waals surface area (Å²) in [6.45, 7) is 0.698. The third-order valence-electron chi connectivity index (χ3n) is 2.22. The van der Waals surface area contributed by atoms with E-state index in [0.717, 1.165) is 0 Å². The predicted octanol–water partition coefficient (Wildman–Crippen LogP) is 0.178. The van der Waals surface area contributed by atoms with Crippen molar-refractivity contribution in [3.05, 3.63) is 24.0 Å². The number of carbonyl (C=O) groups is 1. The molecule has 1 aromatic heterocycles. The molecule has 1 amide bonds. The molecule has 17 heavy (non-hydrogen) atoms. The molecule has 1 atom stereocenters. The van der Waals surface area contributed by atoms with Gasteiger partial charge in [-0.1, -0.05) is 0 Å². The lowest BCUT2D eigenvalue weighted by atomic mass is 10.2. The van der Waals surface area contributed by atoms with Crippen LogP contribution in [-0.2, 0) is 9.47 Å². The monoisotopic (exact) mass is 240 g/mol. The van der Waals surface area contributed by atoms with E-state index in [2.05, 4.69) is 10.3 Å². The van der Waals surface area contributed by atoms with Gasteiger partial charge in [0.05, 0.1) is 24.5 Å². The summed E-state index contributed by atoms with van der Waals surface area (Å²) >= 11 is 0. The van der Waals surface area contributed by atoms with E-state index in [1.165, 1.54) is 18.5 Å². The molecule has 0 bridgehead atoms. The smallest absolute Gasteiger partial charge is 0.255 e. The summed E-state index contributed by atoms with van der Waals surface area (Å²) in [6, 6.07) is 1.45. The van der Waals surface area contributed by atoms with E-state index in [1.807, 2.05) is 0 Å². The number of amides is 1. The van der Waals surface area contributed by atoms with E-state index >= 15 is 0 Å². The number of pyridine rings is 1. The minimum Gasteiger partial charge on any atom is -0.505 e. The second kappa shape index (κ2) is 6.82. The Kier molecular flexibility index (Phi) is 5.38. The van der Waals surface area contributed by atoms with Gasteiger partial charge in [-0.25, -0.2) is 0 Å². The quantitative estimate of drug-likeness (QED) is 0.741. The lowest BCUT2D eigenvalue weighted by Crippen LogP contribution is -2.35. The van der Waals surface area contributed by atoms with Crippen molar-refractivity contribution in [2.45, 2.75) is 6.10 Å². The second-order valence-corrected chi connectivity index (χ2v) is 3.42. The lowest BCUT2D eigenvalue weighted by Gasteiger charge is -2.15. The Bertz CT molecular complexity index is 370. The van der Waals surface area contributed by atoms with E-state index in [0.29, 0.717) is 13.2 Å². The number of aromatic hydroxyl groups is 1. The van der Waals surface area contributed by atoms with Crippen molar-refractivity contribution < 1.29 is 19.4 Å². The molecule has 1 heterocycles. The van der Waals surface area contributed by atoms with Gasteiger partial charge >= 0.3 is 0 Å². The molecule has 6 heteroatoms. The molecule has 6 nitrogen and oxygen atoms in total. The minimum atomic E-state index is -0.372. The van der Waals surface area contributed by atoms with E-state index in [4.69, 9.17) is 9.47 Å². The van der Waals surface area contributed by atoms with E-state index in [1.54, 1.807) is 14.2 Å². The zero-order valence-corrected chi connectivity index (χ0v) is 9.84. The normalized spacial score (nSPS) is 12.1. The van der Waals surface area contributed by atoms with Crippen LogP contribution in [-0.4, -0.2) is 49.5 Å². The first-order valence-corrected chi connectivity index (χ1v) is 5.12. The van der Waals surface area contributed by atoms with Gasteiger partial charge < -0.3 is 19.9 Å². The fourth-order valence-electron chi connectivity index (χ4n) is 1.28. The zero-order valence-electron chi connectivity index (χ0n) is 9.84. The van der Waals surface area contributed by atoms with Crippen molar-refractivity contribution in [3.63, 3.8) is 0 Å². The standard InChI is InChI=1S/C11H16N2O4/c1-16-7-8(17-2)5-13-11(15)9-3-4-12-6-10(9)14/h3-4,6,8,14H,5,7H2,1-2H3,(H,13,15). The summed E-state index contributed by atoms with van der Waals surface area (Å²) in [5, 5.41) is 12.1. The third-order valence-corrected chi connectivity index (χ3v) is 2.22.